The second-order valence-corrected chi connectivity index (χ2v) is 5.00. The van der Waals surface area contributed by atoms with Crippen LogP contribution < -0.4 is 5.73 Å². The van der Waals surface area contributed by atoms with E-state index in [0.29, 0.717) is 6.04 Å². The Kier molecular flexibility index (Phi) is 2.39. The predicted octanol–water partition coefficient (Wildman–Crippen LogP) is 0.525. The van der Waals surface area contributed by atoms with Crippen molar-refractivity contribution in [1.29, 1.82) is 0 Å². The van der Waals surface area contributed by atoms with Crippen LogP contribution in [0.25, 0.3) is 0 Å². The number of hydrogen-bond acceptors (Lipinski definition) is 3. The second kappa shape index (κ2) is 3.33. The third-order valence-electron chi connectivity index (χ3n) is 2.27. The van der Waals surface area contributed by atoms with Crippen LogP contribution in [0.4, 0.5) is 0 Å². The average Bonchev–Trinajstić information content (AvgIpc) is 2.67. The van der Waals surface area contributed by atoms with Crippen LogP contribution in [0.5, 0.6) is 0 Å². The largest absolute Gasteiger partial charge is 0.325 e. The van der Waals surface area contributed by atoms with Crippen molar-refractivity contribution in [2.45, 2.75) is 24.1 Å². The second-order valence-electron chi connectivity index (χ2n) is 3.59. The quantitative estimate of drug-likeness (QED) is 0.670. The molecule has 0 atom stereocenters. The van der Waals surface area contributed by atoms with Gasteiger partial charge < -0.3 is 5.73 Å². The molecule has 0 aromatic heterocycles. The van der Waals surface area contributed by atoms with Gasteiger partial charge in [-0.2, -0.15) is 11.8 Å². The molecule has 2 rings (SSSR count). The molecule has 1 aliphatic carbocycles. The number of hydrogen-bond donors (Lipinski definition) is 1. The summed E-state index contributed by atoms with van der Waals surface area (Å²) in [6, 6.07) is 0.473. The molecule has 3 heteroatoms. The number of likely N-dealkylation sites (tertiary alicyclic amines) is 1. The molecule has 0 aromatic rings. The molecule has 2 fully saturated rings. The van der Waals surface area contributed by atoms with Gasteiger partial charge in [-0.3, -0.25) is 4.90 Å². The summed E-state index contributed by atoms with van der Waals surface area (Å²) in [5, 5.41) is 1.02. The van der Waals surface area contributed by atoms with Gasteiger partial charge in [0, 0.05) is 36.7 Å². The molecule has 2 aliphatic rings. The Morgan fingerprint density at radius 2 is 2.09 bits per heavy atom. The zero-order chi connectivity index (χ0) is 7.68. The van der Waals surface area contributed by atoms with E-state index in [2.05, 4.69) is 16.7 Å². The Labute approximate surface area is 72.5 Å². The van der Waals surface area contributed by atoms with Crippen molar-refractivity contribution in [2.24, 2.45) is 5.73 Å². The van der Waals surface area contributed by atoms with Crippen LogP contribution in [-0.2, 0) is 0 Å². The van der Waals surface area contributed by atoms with Gasteiger partial charge in [0.05, 0.1) is 0 Å². The molecular weight excluding hydrogens is 156 g/mol. The fourth-order valence-corrected chi connectivity index (χ4v) is 2.54. The summed E-state index contributed by atoms with van der Waals surface area (Å²) in [5.41, 5.74) is 5.66. The van der Waals surface area contributed by atoms with Crippen LogP contribution in [0.3, 0.4) is 0 Å². The summed E-state index contributed by atoms with van der Waals surface area (Å²) in [6.45, 7) is 3.52. The lowest BCUT2D eigenvalue weighted by Crippen LogP contribution is -2.56. The van der Waals surface area contributed by atoms with Crippen LogP contribution in [-0.4, -0.2) is 41.6 Å². The minimum absolute atomic E-state index is 0.473. The van der Waals surface area contributed by atoms with Crippen molar-refractivity contribution >= 4 is 11.8 Å². The molecule has 1 saturated heterocycles. The lowest BCUT2D eigenvalue weighted by Gasteiger charge is -2.36. The van der Waals surface area contributed by atoms with Gasteiger partial charge in [0.2, 0.25) is 0 Å². The molecule has 0 bridgehead atoms. The van der Waals surface area contributed by atoms with Crippen molar-refractivity contribution < 1.29 is 0 Å². The lowest BCUT2D eigenvalue weighted by atomic mass is 10.1. The first kappa shape index (κ1) is 7.90. The maximum absolute atomic E-state index is 5.66. The van der Waals surface area contributed by atoms with Crippen LogP contribution >= 0.6 is 11.8 Å². The first-order valence-corrected chi connectivity index (χ1v) is 5.49. The first-order valence-electron chi connectivity index (χ1n) is 4.44. The van der Waals surface area contributed by atoms with E-state index in [1.807, 2.05) is 0 Å². The molecule has 0 radical (unpaired) electrons. The van der Waals surface area contributed by atoms with E-state index in [4.69, 9.17) is 5.73 Å². The van der Waals surface area contributed by atoms with Crippen molar-refractivity contribution in [3.05, 3.63) is 0 Å². The molecule has 0 amide bonds. The molecular formula is C8H16N2S. The van der Waals surface area contributed by atoms with E-state index < -0.39 is 0 Å². The normalized spacial score (nSPS) is 27.0. The first-order chi connectivity index (χ1) is 5.34. The summed E-state index contributed by atoms with van der Waals surface area (Å²) < 4.78 is 0. The molecule has 1 saturated carbocycles. The molecule has 11 heavy (non-hydrogen) atoms. The Balaban J connectivity index is 1.47. The Morgan fingerprint density at radius 3 is 2.64 bits per heavy atom. The van der Waals surface area contributed by atoms with E-state index >= 15 is 0 Å². The topological polar surface area (TPSA) is 29.3 Å². The van der Waals surface area contributed by atoms with Gasteiger partial charge in [-0.25, -0.2) is 0 Å². The highest BCUT2D eigenvalue weighted by atomic mass is 32.2. The van der Waals surface area contributed by atoms with E-state index in [9.17, 15) is 0 Å². The van der Waals surface area contributed by atoms with Gasteiger partial charge in [0.1, 0.15) is 0 Å². The third kappa shape index (κ3) is 2.36. The van der Waals surface area contributed by atoms with Crippen LogP contribution in [0, 0.1) is 0 Å². The van der Waals surface area contributed by atoms with Gasteiger partial charge in [0.15, 0.2) is 0 Å². The van der Waals surface area contributed by atoms with E-state index in [-0.39, 0.29) is 0 Å². The Hall–Kier alpha value is 0.270. The number of nitrogens with zero attached hydrogens (tertiary/aromatic N) is 1. The molecule has 1 aliphatic heterocycles. The fourth-order valence-electron chi connectivity index (χ4n) is 1.38. The SMILES string of the molecule is NC1CN(CCSC2CC2)C1. The Morgan fingerprint density at radius 1 is 1.36 bits per heavy atom. The number of nitrogens with two attached hydrogens (primary N) is 1. The zero-order valence-electron chi connectivity index (χ0n) is 6.83. The summed E-state index contributed by atoms with van der Waals surface area (Å²) >= 11 is 2.14. The molecule has 2 N–H and O–H groups in total. The Bertz CT molecular complexity index is 130. The molecule has 0 unspecified atom stereocenters. The van der Waals surface area contributed by atoms with Crippen LogP contribution in [0.1, 0.15) is 12.8 Å². The summed E-state index contributed by atoms with van der Waals surface area (Å²) in [5.74, 6) is 1.32. The van der Waals surface area contributed by atoms with E-state index in [1.165, 1.54) is 25.1 Å². The smallest absolute Gasteiger partial charge is 0.0297 e. The van der Waals surface area contributed by atoms with E-state index in [0.717, 1.165) is 18.3 Å². The predicted molar refractivity (Wildman–Crippen MR) is 49.9 cm³/mol. The standard InChI is InChI=1S/C8H16N2S/c9-7-5-10(6-7)3-4-11-8-1-2-8/h7-8H,1-6,9H2. The van der Waals surface area contributed by atoms with Gasteiger partial charge >= 0.3 is 0 Å². The highest BCUT2D eigenvalue weighted by Gasteiger charge is 2.24. The molecule has 1 heterocycles. The van der Waals surface area contributed by atoms with Gasteiger partial charge in [-0.05, 0) is 12.8 Å². The highest BCUT2D eigenvalue weighted by Crippen LogP contribution is 2.33. The summed E-state index contributed by atoms with van der Waals surface area (Å²) in [4.78, 5) is 2.44. The minimum Gasteiger partial charge on any atom is -0.325 e. The average molecular weight is 172 g/mol. The zero-order valence-corrected chi connectivity index (χ0v) is 7.65. The molecule has 0 spiro atoms. The van der Waals surface area contributed by atoms with Crippen molar-refractivity contribution in [3.63, 3.8) is 0 Å². The number of rotatable bonds is 4. The monoisotopic (exact) mass is 172 g/mol. The van der Waals surface area contributed by atoms with Gasteiger partial charge in [-0.15, -0.1) is 0 Å². The molecule has 64 valence electrons. The fraction of sp³-hybridized carbons (Fsp3) is 1.00. The molecule has 2 nitrogen and oxygen atoms in total. The van der Waals surface area contributed by atoms with Crippen molar-refractivity contribution in [2.75, 3.05) is 25.4 Å². The highest BCUT2D eigenvalue weighted by molar-refractivity contribution is 8.00. The summed E-state index contributed by atoms with van der Waals surface area (Å²) in [7, 11) is 0. The van der Waals surface area contributed by atoms with Crippen molar-refractivity contribution in [1.82, 2.24) is 4.90 Å². The van der Waals surface area contributed by atoms with Crippen LogP contribution in [0.15, 0.2) is 0 Å². The summed E-state index contributed by atoms with van der Waals surface area (Å²) in [6.07, 6.45) is 2.92. The minimum atomic E-state index is 0.473. The van der Waals surface area contributed by atoms with Crippen LogP contribution in [0.2, 0.25) is 0 Å². The maximum Gasteiger partial charge on any atom is 0.0297 e. The van der Waals surface area contributed by atoms with E-state index in [1.54, 1.807) is 0 Å². The lowest BCUT2D eigenvalue weighted by molar-refractivity contribution is 0.161. The molecule has 0 aromatic carbocycles. The third-order valence-corrected chi connectivity index (χ3v) is 3.63. The number of thioether (sulfide) groups is 1. The van der Waals surface area contributed by atoms with Gasteiger partial charge in [-0.1, -0.05) is 0 Å². The van der Waals surface area contributed by atoms with Crippen molar-refractivity contribution in [3.8, 4) is 0 Å². The maximum atomic E-state index is 5.66. The van der Waals surface area contributed by atoms with Gasteiger partial charge in [0.25, 0.3) is 0 Å².